The second-order valence-electron chi connectivity index (χ2n) is 4.67. The summed E-state index contributed by atoms with van der Waals surface area (Å²) in [6.07, 6.45) is 0.725. The molecule has 0 aliphatic carbocycles. The molecule has 3 rings (SSSR count). The molecule has 0 aliphatic rings. The summed E-state index contributed by atoms with van der Waals surface area (Å²) in [6.45, 7) is 4.17. The normalized spacial score (nSPS) is 11.2. The molecule has 0 amide bonds. The number of rotatable bonds is 5. The number of carbonyl (C=O) groups is 1. The minimum Gasteiger partial charge on any atom is -0.465 e. The fraction of sp³-hybridized carbons (Fsp3) is 0.312. The number of nitrogens with zero attached hydrogens (tertiary/aromatic N) is 2. The van der Waals surface area contributed by atoms with E-state index in [1.54, 1.807) is 6.92 Å². The third kappa shape index (κ3) is 2.78. The van der Waals surface area contributed by atoms with Crippen LogP contribution in [0.5, 0.6) is 0 Å². The number of para-hydroxylation sites is 1. The Hall–Kier alpha value is -2.08. The van der Waals surface area contributed by atoms with E-state index < -0.39 is 0 Å². The molecule has 5 nitrogen and oxygen atoms in total. The molecule has 1 aromatic carbocycles. The van der Waals surface area contributed by atoms with E-state index >= 15 is 0 Å². The van der Waals surface area contributed by atoms with Crippen molar-refractivity contribution in [3.05, 3.63) is 30.1 Å². The van der Waals surface area contributed by atoms with Crippen molar-refractivity contribution in [2.75, 3.05) is 12.4 Å². The van der Waals surface area contributed by atoms with Crippen LogP contribution in [-0.4, -0.2) is 28.3 Å². The summed E-state index contributed by atoms with van der Waals surface area (Å²) < 4.78 is 10.8. The Kier molecular flexibility index (Phi) is 4.29. The van der Waals surface area contributed by atoms with Crippen LogP contribution in [0.25, 0.3) is 22.1 Å². The van der Waals surface area contributed by atoms with E-state index in [1.807, 2.05) is 31.2 Å². The van der Waals surface area contributed by atoms with Gasteiger partial charge in [-0.15, -0.1) is 0 Å². The maximum atomic E-state index is 11.6. The molecule has 2 heterocycles. The van der Waals surface area contributed by atoms with Gasteiger partial charge < -0.3 is 9.15 Å². The summed E-state index contributed by atoms with van der Waals surface area (Å²) in [5.74, 6) is 0.694. The molecular formula is C16H16N2O3S. The molecule has 114 valence electrons. The first-order chi connectivity index (χ1) is 10.7. The number of hydrogen-bond donors (Lipinski definition) is 0. The number of ether oxygens (including phenoxy) is 1. The van der Waals surface area contributed by atoms with Crippen molar-refractivity contribution in [3.63, 3.8) is 0 Å². The summed E-state index contributed by atoms with van der Waals surface area (Å²) in [4.78, 5) is 20.6. The Labute approximate surface area is 132 Å². The van der Waals surface area contributed by atoms with Gasteiger partial charge in [0.25, 0.3) is 0 Å². The van der Waals surface area contributed by atoms with Crippen molar-refractivity contribution >= 4 is 39.8 Å². The fourth-order valence-electron chi connectivity index (χ4n) is 2.20. The number of aryl methyl sites for hydroxylation is 1. The molecule has 0 N–H and O–H groups in total. The van der Waals surface area contributed by atoms with Crippen LogP contribution in [0.15, 0.2) is 33.7 Å². The zero-order chi connectivity index (χ0) is 15.5. The van der Waals surface area contributed by atoms with Crippen LogP contribution < -0.4 is 0 Å². The van der Waals surface area contributed by atoms with Gasteiger partial charge >= 0.3 is 5.97 Å². The van der Waals surface area contributed by atoms with Gasteiger partial charge in [0.1, 0.15) is 22.0 Å². The number of carbonyl (C=O) groups excluding carboxylic acids is 1. The summed E-state index contributed by atoms with van der Waals surface area (Å²) in [6, 6.07) is 7.76. The molecular weight excluding hydrogens is 300 g/mol. The maximum Gasteiger partial charge on any atom is 0.316 e. The van der Waals surface area contributed by atoms with E-state index in [2.05, 4.69) is 9.97 Å². The Morgan fingerprint density at radius 3 is 2.86 bits per heavy atom. The average Bonchev–Trinajstić information content (AvgIpc) is 2.91. The topological polar surface area (TPSA) is 65.2 Å². The van der Waals surface area contributed by atoms with Gasteiger partial charge in [-0.05, 0) is 19.1 Å². The van der Waals surface area contributed by atoms with Crippen LogP contribution in [0, 0.1) is 0 Å². The van der Waals surface area contributed by atoms with Gasteiger partial charge in [-0.2, -0.15) is 0 Å². The standard InChI is InChI=1S/C16H16N2O3S/c1-3-12-17-14-10-7-5-6-8-11(10)21-15(14)16(18-12)22-9-13(19)20-4-2/h5-8H,3-4,9H2,1-2H3. The van der Waals surface area contributed by atoms with Crippen LogP contribution in [0.1, 0.15) is 19.7 Å². The van der Waals surface area contributed by atoms with E-state index in [9.17, 15) is 4.79 Å². The van der Waals surface area contributed by atoms with Crippen LogP contribution >= 0.6 is 11.8 Å². The molecule has 0 spiro atoms. The highest BCUT2D eigenvalue weighted by atomic mass is 32.2. The number of furan rings is 1. The number of benzene rings is 1. The second-order valence-corrected chi connectivity index (χ2v) is 5.63. The molecule has 0 unspecified atom stereocenters. The van der Waals surface area contributed by atoms with Gasteiger partial charge in [0, 0.05) is 11.8 Å². The number of fused-ring (bicyclic) bond motifs is 3. The Morgan fingerprint density at radius 2 is 2.09 bits per heavy atom. The lowest BCUT2D eigenvalue weighted by atomic mass is 10.2. The first kappa shape index (κ1) is 14.8. The van der Waals surface area contributed by atoms with Gasteiger partial charge in [-0.1, -0.05) is 30.8 Å². The van der Waals surface area contributed by atoms with Crippen molar-refractivity contribution in [2.45, 2.75) is 25.3 Å². The second kappa shape index (κ2) is 6.36. The van der Waals surface area contributed by atoms with Crippen molar-refractivity contribution in [3.8, 4) is 0 Å². The smallest absolute Gasteiger partial charge is 0.316 e. The van der Waals surface area contributed by atoms with Gasteiger partial charge in [0.15, 0.2) is 5.58 Å². The molecule has 22 heavy (non-hydrogen) atoms. The number of esters is 1. The maximum absolute atomic E-state index is 11.6. The molecule has 0 atom stereocenters. The number of hydrogen-bond acceptors (Lipinski definition) is 6. The summed E-state index contributed by atoms with van der Waals surface area (Å²) >= 11 is 1.32. The van der Waals surface area contributed by atoms with Gasteiger partial charge in [0.05, 0.1) is 12.4 Å². The largest absolute Gasteiger partial charge is 0.465 e. The lowest BCUT2D eigenvalue weighted by molar-refractivity contribution is -0.139. The molecule has 6 heteroatoms. The highest BCUT2D eigenvalue weighted by Crippen LogP contribution is 2.33. The Balaban J connectivity index is 2.05. The molecule has 0 bridgehead atoms. The molecule has 0 radical (unpaired) electrons. The van der Waals surface area contributed by atoms with Crippen LogP contribution in [0.2, 0.25) is 0 Å². The highest BCUT2D eigenvalue weighted by Gasteiger charge is 2.16. The first-order valence-electron chi connectivity index (χ1n) is 7.19. The lowest BCUT2D eigenvalue weighted by Crippen LogP contribution is -2.07. The van der Waals surface area contributed by atoms with Gasteiger partial charge in [-0.25, -0.2) is 9.97 Å². The molecule has 0 fully saturated rings. The molecule has 3 aromatic rings. The highest BCUT2D eigenvalue weighted by molar-refractivity contribution is 8.00. The Bertz CT molecular complexity index is 829. The molecule has 0 aliphatic heterocycles. The summed E-state index contributed by atoms with van der Waals surface area (Å²) in [5, 5.41) is 1.65. The number of aromatic nitrogens is 2. The van der Waals surface area contributed by atoms with E-state index in [1.165, 1.54) is 11.8 Å². The summed E-state index contributed by atoms with van der Waals surface area (Å²) in [5.41, 5.74) is 2.21. The predicted octanol–water partition coefficient (Wildman–Crippen LogP) is 3.59. The van der Waals surface area contributed by atoms with E-state index in [0.29, 0.717) is 17.2 Å². The van der Waals surface area contributed by atoms with E-state index in [4.69, 9.17) is 9.15 Å². The first-order valence-corrected chi connectivity index (χ1v) is 8.18. The van der Waals surface area contributed by atoms with Crippen molar-refractivity contribution < 1.29 is 13.9 Å². The third-order valence-corrected chi connectivity index (χ3v) is 4.11. The lowest BCUT2D eigenvalue weighted by Gasteiger charge is -2.04. The quantitative estimate of drug-likeness (QED) is 0.407. The van der Waals surface area contributed by atoms with Crippen LogP contribution in [-0.2, 0) is 16.0 Å². The zero-order valence-electron chi connectivity index (χ0n) is 12.5. The average molecular weight is 316 g/mol. The molecule has 2 aromatic heterocycles. The summed E-state index contributed by atoms with van der Waals surface area (Å²) in [7, 11) is 0. The van der Waals surface area contributed by atoms with Crippen molar-refractivity contribution in [2.24, 2.45) is 0 Å². The third-order valence-electron chi connectivity index (χ3n) is 3.18. The minimum atomic E-state index is -0.256. The SMILES string of the molecule is CCOC(=O)CSc1nc(CC)nc2c1oc1ccccc12. The fourth-order valence-corrected chi connectivity index (χ4v) is 2.97. The van der Waals surface area contributed by atoms with Crippen LogP contribution in [0.4, 0.5) is 0 Å². The minimum absolute atomic E-state index is 0.208. The van der Waals surface area contributed by atoms with E-state index in [0.717, 1.165) is 28.7 Å². The van der Waals surface area contributed by atoms with Gasteiger partial charge in [-0.3, -0.25) is 4.79 Å². The van der Waals surface area contributed by atoms with Crippen molar-refractivity contribution in [1.82, 2.24) is 9.97 Å². The molecule has 0 saturated carbocycles. The zero-order valence-corrected chi connectivity index (χ0v) is 13.3. The van der Waals surface area contributed by atoms with Crippen LogP contribution in [0.3, 0.4) is 0 Å². The predicted molar refractivity (Wildman–Crippen MR) is 86.0 cm³/mol. The Morgan fingerprint density at radius 1 is 1.27 bits per heavy atom. The van der Waals surface area contributed by atoms with E-state index in [-0.39, 0.29) is 11.7 Å². The van der Waals surface area contributed by atoms with Crippen molar-refractivity contribution in [1.29, 1.82) is 0 Å². The molecule has 0 saturated heterocycles. The van der Waals surface area contributed by atoms with Gasteiger partial charge in [0.2, 0.25) is 0 Å². The number of thioether (sulfide) groups is 1. The monoisotopic (exact) mass is 316 g/mol.